The molecule has 1 aromatic carbocycles. The highest BCUT2D eigenvalue weighted by molar-refractivity contribution is 7.13. The minimum absolute atomic E-state index is 0.0294. The Balaban J connectivity index is 2.02. The predicted molar refractivity (Wildman–Crippen MR) is 83.8 cm³/mol. The molecule has 1 heterocycles. The van der Waals surface area contributed by atoms with E-state index in [1.807, 2.05) is 49.6 Å². The van der Waals surface area contributed by atoms with Crippen molar-refractivity contribution in [3.8, 4) is 10.6 Å². The van der Waals surface area contributed by atoms with Crippen molar-refractivity contribution in [2.45, 2.75) is 39.2 Å². The number of carbonyl (C=O) groups is 1. The maximum atomic E-state index is 12.0. The summed E-state index contributed by atoms with van der Waals surface area (Å²) in [6, 6.07) is 10.0. The van der Waals surface area contributed by atoms with Crippen LogP contribution < -0.4 is 5.32 Å². The molecular formula is C16H20N2OS. The Morgan fingerprint density at radius 1 is 1.30 bits per heavy atom. The summed E-state index contributed by atoms with van der Waals surface area (Å²) < 4.78 is 0. The number of nitrogens with zero attached hydrogens (tertiary/aromatic N) is 1. The second-order valence-electron chi connectivity index (χ2n) is 5.47. The average molecular weight is 288 g/mol. The van der Waals surface area contributed by atoms with E-state index in [0.29, 0.717) is 6.42 Å². The van der Waals surface area contributed by atoms with Gasteiger partial charge in [0, 0.05) is 16.5 Å². The molecule has 20 heavy (non-hydrogen) atoms. The number of thiazole rings is 1. The molecule has 0 aliphatic carbocycles. The normalized spacial score (nSPS) is 11.3. The summed E-state index contributed by atoms with van der Waals surface area (Å²) in [6.07, 6.45) is 1.25. The number of aromatic nitrogens is 1. The van der Waals surface area contributed by atoms with Gasteiger partial charge in [-0.15, -0.1) is 11.3 Å². The molecule has 0 bridgehead atoms. The minimum atomic E-state index is -0.157. The van der Waals surface area contributed by atoms with Crippen molar-refractivity contribution < 1.29 is 4.79 Å². The monoisotopic (exact) mass is 288 g/mol. The molecular weight excluding hydrogens is 268 g/mol. The highest BCUT2D eigenvalue weighted by Gasteiger charge is 2.18. The van der Waals surface area contributed by atoms with Crippen molar-refractivity contribution in [2.75, 3.05) is 0 Å². The van der Waals surface area contributed by atoms with Crippen molar-refractivity contribution in [2.24, 2.45) is 0 Å². The van der Waals surface area contributed by atoms with E-state index in [1.165, 1.54) is 0 Å². The van der Waals surface area contributed by atoms with Gasteiger partial charge < -0.3 is 5.32 Å². The molecule has 2 aromatic rings. The number of hydrogen-bond donors (Lipinski definition) is 1. The molecule has 1 N–H and O–H groups in total. The first kappa shape index (κ1) is 14.7. The summed E-state index contributed by atoms with van der Waals surface area (Å²) in [5.41, 5.74) is 1.77. The first-order chi connectivity index (χ1) is 9.50. The van der Waals surface area contributed by atoms with Crippen LogP contribution in [0.5, 0.6) is 0 Å². The fraction of sp³-hybridized carbons (Fsp3) is 0.375. The van der Waals surface area contributed by atoms with E-state index in [0.717, 1.165) is 22.7 Å². The van der Waals surface area contributed by atoms with Gasteiger partial charge in [0.1, 0.15) is 5.01 Å². The van der Waals surface area contributed by atoms with E-state index in [1.54, 1.807) is 11.3 Å². The molecule has 0 fully saturated rings. The summed E-state index contributed by atoms with van der Waals surface area (Å²) in [7, 11) is 0. The molecule has 3 nitrogen and oxygen atoms in total. The molecule has 0 aliphatic heterocycles. The summed E-state index contributed by atoms with van der Waals surface area (Å²) in [6.45, 7) is 6.12. The van der Waals surface area contributed by atoms with Gasteiger partial charge >= 0.3 is 0 Å². The first-order valence-corrected chi connectivity index (χ1v) is 7.69. The third kappa shape index (κ3) is 3.90. The van der Waals surface area contributed by atoms with Gasteiger partial charge in [-0.2, -0.15) is 0 Å². The van der Waals surface area contributed by atoms with Crippen molar-refractivity contribution >= 4 is 17.2 Å². The molecule has 0 saturated carbocycles. The van der Waals surface area contributed by atoms with Crippen molar-refractivity contribution in [1.29, 1.82) is 0 Å². The van der Waals surface area contributed by atoms with Gasteiger partial charge in [-0.05, 0) is 20.3 Å². The van der Waals surface area contributed by atoms with Crippen LogP contribution in [0.4, 0.5) is 0 Å². The number of amides is 1. The Kier molecular flexibility index (Phi) is 4.55. The third-order valence-corrected chi connectivity index (χ3v) is 4.22. The van der Waals surface area contributed by atoms with Crippen LogP contribution >= 0.6 is 11.3 Å². The number of rotatable bonds is 5. The quantitative estimate of drug-likeness (QED) is 0.912. The summed E-state index contributed by atoms with van der Waals surface area (Å²) in [5.74, 6) is 0.0294. The summed E-state index contributed by atoms with van der Waals surface area (Å²) in [5, 5.41) is 5.95. The van der Waals surface area contributed by atoms with E-state index in [9.17, 15) is 4.79 Å². The largest absolute Gasteiger partial charge is 0.351 e. The maximum Gasteiger partial charge on any atom is 0.226 e. The third-order valence-electron chi connectivity index (χ3n) is 3.28. The van der Waals surface area contributed by atoms with Crippen LogP contribution in [0.15, 0.2) is 35.7 Å². The van der Waals surface area contributed by atoms with Crippen LogP contribution in [0, 0.1) is 0 Å². The predicted octanol–water partition coefficient (Wildman–Crippen LogP) is 3.66. The average Bonchev–Trinajstić information content (AvgIpc) is 2.87. The van der Waals surface area contributed by atoms with E-state index in [2.05, 4.69) is 17.2 Å². The van der Waals surface area contributed by atoms with E-state index in [-0.39, 0.29) is 11.4 Å². The molecule has 1 aromatic heterocycles. The van der Waals surface area contributed by atoms with Gasteiger partial charge in [-0.25, -0.2) is 4.98 Å². The fourth-order valence-corrected chi connectivity index (χ4v) is 2.60. The number of hydrogen-bond acceptors (Lipinski definition) is 3. The van der Waals surface area contributed by atoms with Gasteiger partial charge in [0.15, 0.2) is 0 Å². The Labute approximate surface area is 124 Å². The van der Waals surface area contributed by atoms with Crippen LogP contribution in [0.3, 0.4) is 0 Å². The van der Waals surface area contributed by atoms with E-state index in [4.69, 9.17) is 0 Å². The zero-order valence-electron chi connectivity index (χ0n) is 12.1. The second-order valence-corrected chi connectivity index (χ2v) is 6.33. The van der Waals surface area contributed by atoms with Gasteiger partial charge in [0.2, 0.25) is 5.91 Å². The summed E-state index contributed by atoms with van der Waals surface area (Å²) >= 11 is 1.58. The Hall–Kier alpha value is -1.68. The lowest BCUT2D eigenvalue weighted by atomic mass is 10.0. The number of benzene rings is 1. The molecule has 2 rings (SSSR count). The lowest BCUT2D eigenvalue weighted by Crippen LogP contribution is -2.43. The van der Waals surface area contributed by atoms with Crippen LogP contribution in [-0.4, -0.2) is 16.4 Å². The van der Waals surface area contributed by atoms with Crippen molar-refractivity contribution in [3.05, 3.63) is 41.4 Å². The lowest BCUT2D eigenvalue weighted by Gasteiger charge is -2.24. The van der Waals surface area contributed by atoms with E-state index >= 15 is 0 Å². The van der Waals surface area contributed by atoms with Gasteiger partial charge in [0.05, 0.1) is 12.1 Å². The van der Waals surface area contributed by atoms with Crippen LogP contribution in [-0.2, 0) is 11.2 Å². The topological polar surface area (TPSA) is 42.0 Å². The maximum absolute atomic E-state index is 12.0. The molecule has 0 atom stereocenters. The van der Waals surface area contributed by atoms with E-state index < -0.39 is 0 Å². The molecule has 0 radical (unpaired) electrons. The highest BCUT2D eigenvalue weighted by atomic mass is 32.1. The minimum Gasteiger partial charge on any atom is -0.351 e. The molecule has 4 heteroatoms. The van der Waals surface area contributed by atoms with Crippen LogP contribution in [0.1, 0.15) is 32.9 Å². The smallest absolute Gasteiger partial charge is 0.226 e. The molecule has 106 valence electrons. The molecule has 0 unspecified atom stereocenters. The van der Waals surface area contributed by atoms with Crippen LogP contribution in [0.25, 0.3) is 10.6 Å². The Morgan fingerprint density at radius 2 is 2.00 bits per heavy atom. The number of nitrogens with one attached hydrogen (secondary N) is 1. The van der Waals surface area contributed by atoms with Crippen molar-refractivity contribution in [1.82, 2.24) is 10.3 Å². The zero-order valence-corrected chi connectivity index (χ0v) is 13.0. The highest BCUT2D eigenvalue weighted by Crippen LogP contribution is 2.23. The molecule has 0 aliphatic rings. The first-order valence-electron chi connectivity index (χ1n) is 6.81. The molecule has 1 amide bonds. The number of carbonyl (C=O) groups excluding carboxylic acids is 1. The Bertz CT molecular complexity index is 575. The van der Waals surface area contributed by atoms with Crippen LogP contribution in [0.2, 0.25) is 0 Å². The standard InChI is InChI=1S/C16H20N2OS/c1-4-16(2,3)18-14(19)10-13-11-20-15(17-13)12-8-6-5-7-9-12/h5-9,11H,4,10H2,1-3H3,(H,18,19). The fourth-order valence-electron chi connectivity index (χ4n) is 1.78. The summed E-state index contributed by atoms with van der Waals surface area (Å²) in [4.78, 5) is 16.5. The Morgan fingerprint density at radius 3 is 2.65 bits per heavy atom. The molecule has 0 saturated heterocycles. The SMILES string of the molecule is CCC(C)(C)NC(=O)Cc1csc(-c2ccccc2)n1. The lowest BCUT2D eigenvalue weighted by molar-refractivity contribution is -0.122. The zero-order chi connectivity index (χ0) is 14.6. The van der Waals surface area contributed by atoms with Crippen molar-refractivity contribution in [3.63, 3.8) is 0 Å². The molecule has 0 spiro atoms. The van der Waals surface area contributed by atoms with Gasteiger partial charge in [-0.1, -0.05) is 37.3 Å². The second kappa shape index (κ2) is 6.18. The van der Waals surface area contributed by atoms with Gasteiger partial charge in [-0.3, -0.25) is 4.79 Å². The van der Waals surface area contributed by atoms with Gasteiger partial charge in [0.25, 0.3) is 0 Å².